The van der Waals surface area contributed by atoms with Crippen LogP contribution >= 0.6 is 0 Å². The van der Waals surface area contributed by atoms with E-state index in [1.54, 1.807) is 42.5 Å². The molecule has 2 aromatic heterocycles. The molecular formula is C15H14N4O. The summed E-state index contributed by atoms with van der Waals surface area (Å²) in [6.07, 6.45) is 4.22. The summed E-state index contributed by atoms with van der Waals surface area (Å²) in [5.41, 5.74) is 1.66. The second kappa shape index (κ2) is 6.43. The average Bonchev–Trinajstić information content (AvgIpc) is 2.53. The van der Waals surface area contributed by atoms with Crippen molar-refractivity contribution in [1.82, 2.24) is 14.9 Å². The molecule has 0 spiro atoms. The van der Waals surface area contributed by atoms with Crippen molar-refractivity contribution in [2.75, 3.05) is 13.6 Å². The number of nitrogens with zero attached hydrogens (tertiary/aromatic N) is 4. The molecule has 0 bridgehead atoms. The Labute approximate surface area is 117 Å². The quantitative estimate of drug-likeness (QED) is 0.844. The third-order valence-corrected chi connectivity index (χ3v) is 2.91. The molecule has 0 N–H and O–H groups in total. The maximum atomic E-state index is 12.2. The van der Waals surface area contributed by atoms with Crippen molar-refractivity contribution in [2.45, 2.75) is 6.42 Å². The van der Waals surface area contributed by atoms with E-state index in [4.69, 9.17) is 5.26 Å². The standard InChI is InChI=1S/C15H14N4O/c1-19(10-7-12-5-8-17-9-6-12)15(20)14-4-2-3-13(11-16)18-14/h2-6,8-9H,7,10H2,1H3. The van der Waals surface area contributed by atoms with E-state index in [9.17, 15) is 4.79 Å². The number of carbonyl (C=O) groups excluding carboxylic acids is 1. The molecule has 0 aliphatic rings. The zero-order valence-corrected chi connectivity index (χ0v) is 11.2. The minimum absolute atomic E-state index is 0.184. The zero-order chi connectivity index (χ0) is 14.4. The smallest absolute Gasteiger partial charge is 0.272 e. The second-order valence-corrected chi connectivity index (χ2v) is 4.35. The van der Waals surface area contributed by atoms with Crippen molar-refractivity contribution in [1.29, 1.82) is 5.26 Å². The lowest BCUT2D eigenvalue weighted by Crippen LogP contribution is -2.29. The van der Waals surface area contributed by atoms with Crippen molar-refractivity contribution in [3.63, 3.8) is 0 Å². The van der Waals surface area contributed by atoms with Crippen LogP contribution in [0.2, 0.25) is 0 Å². The van der Waals surface area contributed by atoms with E-state index in [0.29, 0.717) is 12.2 Å². The van der Waals surface area contributed by atoms with Crippen LogP contribution < -0.4 is 0 Å². The van der Waals surface area contributed by atoms with Crippen molar-refractivity contribution in [3.05, 3.63) is 59.7 Å². The lowest BCUT2D eigenvalue weighted by molar-refractivity contribution is 0.0791. The molecule has 20 heavy (non-hydrogen) atoms. The van der Waals surface area contributed by atoms with Crippen LogP contribution in [0.5, 0.6) is 0 Å². The van der Waals surface area contributed by atoms with Gasteiger partial charge in [-0.15, -0.1) is 0 Å². The molecule has 1 amide bonds. The number of carbonyl (C=O) groups is 1. The topological polar surface area (TPSA) is 69.9 Å². The zero-order valence-electron chi connectivity index (χ0n) is 11.2. The fourth-order valence-corrected chi connectivity index (χ4v) is 1.76. The molecule has 0 aliphatic carbocycles. The first-order valence-corrected chi connectivity index (χ1v) is 6.22. The monoisotopic (exact) mass is 266 g/mol. The van der Waals surface area contributed by atoms with Crippen molar-refractivity contribution >= 4 is 5.91 Å². The van der Waals surface area contributed by atoms with E-state index in [1.165, 1.54) is 0 Å². The molecule has 0 radical (unpaired) electrons. The number of amides is 1. The predicted molar refractivity (Wildman–Crippen MR) is 73.9 cm³/mol. The highest BCUT2D eigenvalue weighted by Gasteiger charge is 2.13. The molecule has 5 nitrogen and oxygen atoms in total. The Morgan fingerprint density at radius 3 is 2.75 bits per heavy atom. The van der Waals surface area contributed by atoms with Crippen LogP contribution in [0, 0.1) is 11.3 Å². The number of aromatic nitrogens is 2. The number of pyridine rings is 2. The van der Waals surface area contributed by atoms with Gasteiger partial charge in [0, 0.05) is 26.0 Å². The van der Waals surface area contributed by atoms with Gasteiger partial charge in [-0.1, -0.05) is 6.07 Å². The minimum Gasteiger partial charge on any atom is -0.340 e. The molecule has 100 valence electrons. The minimum atomic E-state index is -0.184. The molecule has 5 heteroatoms. The first kappa shape index (κ1) is 13.7. The fraction of sp³-hybridized carbons (Fsp3) is 0.200. The normalized spacial score (nSPS) is 9.80. The van der Waals surface area contributed by atoms with E-state index >= 15 is 0 Å². The summed E-state index contributed by atoms with van der Waals surface area (Å²) in [6, 6.07) is 10.6. The van der Waals surface area contributed by atoms with E-state index in [1.807, 2.05) is 18.2 Å². The maximum Gasteiger partial charge on any atom is 0.272 e. The Morgan fingerprint density at radius 2 is 2.05 bits per heavy atom. The molecule has 0 aliphatic heterocycles. The molecule has 2 heterocycles. The molecule has 0 atom stereocenters. The maximum absolute atomic E-state index is 12.2. The van der Waals surface area contributed by atoms with Gasteiger partial charge in [0.15, 0.2) is 0 Å². The fourth-order valence-electron chi connectivity index (χ4n) is 1.76. The van der Waals surface area contributed by atoms with Gasteiger partial charge in [-0.25, -0.2) is 4.98 Å². The van der Waals surface area contributed by atoms with Crippen LogP contribution in [-0.2, 0) is 6.42 Å². The second-order valence-electron chi connectivity index (χ2n) is 4.35. The Hall–Kier alpha value is -2.74. The summed E-state index contributed by atoms with van der Waals surface area (Å²) in [6.45, 7) is 0.585. The van der Waals surface area contributed by atoms with Crippen molar-refractivity contribution in [2.24, 2.45) is 0 Å². The molecule has 2 aromatic rings. The van der Waals surface area contributed by atoms with Gasteiger partial charge in [-0.05, 0) is 36.2 Å². The largest absolute Gasteiger partial charge is 0.340 e. The highest BCUT2D eigenvalue weighted by atomic mass is 16.2. The van der Waals surface area contributed by atoms with E-state index < -0.39 is 0 Å². The average molecular weight is 266 g/mol. The number of rotatable bonds is 4. The first-order chi connectivity index (χ1) is 9.70. The Balaban J connectivity index is 2.00. The number of hydrogen-bond acceptors (Lipinski definition) is 4. The SMILES string of the molecule is CN(CCc1ccncc1)C(=O)c1cccc(C#N)n1. The predicted octanol–water partition coefficient (Wildman–Crippen LogP) is 1.66. The van der Waals surface area contributed by atoms with E-state index in [2.05, 4.69) is 9.97 Å². The highest BCUT2D eigenvalue weighted by Crippen LogP contribution is 2.04. The highest BCUT2D eigenvalue weighted by molar-refractivity contribution is 5.92. The third-order valence-electron chi connectivity index (χ3n) is 2.91. The molecular weight excluding hydrogens is 252 g/mol. The van der Waals surface area contributed by atoms with Gasteiger partial charge in [-0.2, -0.15) is 5.26 Å². The van der Waals surface area contributed by atoms with Gasteiger partial charge in [-0.3, -0.25) is 9.78 Å². The van der Waals surface area contributed by atoms with Crippen molar-refractivity contribution in [3.8, 4) is 6.07 Å². The Kier molecular flexibility index (Phi) is 4.40. The van der Waals surface area contributed by atoms with Gasteiger partial charge in [0.25, 0.3) is 5.91 Å². The van der Waals surface area contributed by atoms with Gasteiger partial charge in [0.2, 0.25) is 0 Å². The summed E-state index contributed by atoms with van der Waals surface area (Å²) in [7, 11) is 1.73. The molecule has 0 saturated carbocycles. The van der Waals surface area contributed by atoms with E-state index in [0.717, 1.165) is 12.0 Å². The molecule has 0 unspecified atom stereocenters. The molecule has 0 saturated heterocycles. The van der Waals surface area contributed by atoms with Gasteiger partial charge < -0.3 is 4.90 Å². The summed E-state index contributed by atoms with van der Waals surface area (Å²) in [5.74, 6) is -0.184. The summed E-state index contributed by atoms with van der Waals surface area (Å²) in [5, 5.41) is 8.79. The molecule has 0 aromatic carbocycles. The van der Waals surface area contributed by atoms with Crippen molar-refractivity contribution < 1.29 is 4.79 Å². The van der Waals surface area contributed by atoms with Gasteiger partial charge in [0.1, 0.15) is 17.5 Å². The summed E-state index contributed by atoms with van der Waals surface area (Å²) in [4.78, 5) is 21.7. The van der Waals surface area contributed by atoms with Crippen LogP contribution in [0.25, 0.3) is 0 Å². The number of hydrogen-bond donors (Lipinski definition) is 0. The Morgan fingerprint density at radius 1 is 1.30 bits per heavy atom. The molecule has 2 rings (SSSR count). The third kappa shape index (κ3) is 3.39. The molecule has 0 fully saturated rings. The van der Waals surface area contributed by atoms with Crippen LogP contribution in [0.4, 0.5) is 0 Å². The van der Waals surface area contributed by atoms with Crippen LogP contribution in [0.3, 0.4) is 0 Å². The lowest BCUT2D eigenvalue weighted by atomic mass is 10.2. The summed E-state index contributed by atoms with van der Waals surface area (Å²) >= 11 is 0. The summed E-state index contributed by atoms with van der Waals surface area (Å²) < 4.78 is 0. The van der Waals surface area contributed by atoms with Crippen LogP contribution in [-0.4, -0.2) is 34.4 Å². The van der Waals surface area contributed by atoms with Crippen LogP contribution in [0.1, 0.15) is 21.7 Å². The van der Waals surface area contributed by atoms with Gasteiger partial charge in [0.05, 0.1) is 0 Å². The first-order valence-electron chi connectivity index (χ1n) is 6.22. The van der Waals surface area contributed by atoms with E-state index in [-0.39, 0.29) is 11.6 Å². The van der Waals surface area contributed by atoms with Crippen LogP contribution in [0.15, 0.2) is 42.7 Å². The van der Waals surface area contributed by atoms with Gasteiger partial charge >= 0.3 is 0 Å². The number of nitriles is 1. The number of likely N-dealkylation sites (N-methyl/N-ethyl adjacent to an activating group) is 1. The Bertz CT molecular complexity index is 634. The lowest BCUT2D eigenvalue weighted by Gasteiger charge is -2.16.